The van der Waals surface area contributed by atoms with Crippen LogP contribution in [0.2, 0.25) is 0 Å². The Labute approximate surface area is 98.7 Å². The van der Waals surface area contributed by atoms with Crippen LogP contribution in [0.5, 0.6) is 0 Å². The summed E-state index contributed by atoms with van der Waals surface area (Å²) in [5.41, 5.74) is 6.87. The third-order valence-electron chi connectivity index (χ3n) is 3.23. The minimum Gasteiger partial charge on any atom is -0.357 e. The van der Waals surface area contributed by atoms with Crippen LogP contribution in [0.15, 0.2) is 18.3 Å². The van der Waals surface area contributed by atoms with Crippen LogP contribution < -0.4 is 10.6 Å². The van der Waals surface area contributed by atoms with Crippen molar-refractivity contribution in [3.05, 3.63) is 23.9 Å². The van der Waals surface area contributed by atoms with Crippen molar-refractivity contribution < 1.29 is 0 Å². The molecule has 2 atom stereocenters. The summed E-state index contributed by atoms with van der Waals surface area (Å²) in [5.74, 6) is 1.62. The van der Waals surface area contributed by atoms with Crippen LogP contribution in [-0.4, -0.2) is 18.1 Å². The van der Waals surface area contributed by atoms with Gasteiger partial charge in [0.1, 0.15) is 5.82 Å². The highest BCUT2D eigenvalue weighted by Gasteiger charge is 2.14. The van der Waals surface area contributed by atoms with E-state index >= 15 is 0 Å². The van der Waals surface area contributed by atoms with Gasteiger partial charge in [-0.15, -0.1) is 0 Å². The molecule has 1 aromatic heterocycles. The summed E-state index contributed by atoms with van der Waals surface area (Å²) < 4.78 is 0. The van der Waals surface area contributed by atoms with E-state index in [1.165, 1.54) is 0 Å². The standard InChI is InChI=1S/C13H23N3/c1-9(2)11(4)16(5)13-7-6-12(8-15-13)10(3)14/h6-11H,14H2,1-5H3/t10-,11?/m0/s1. The maximum Gasteiger partial charge on any atom is 0.128 e. The molecular formula is C13H23N3. The first-order valence-corrected chi connectivity index (χ1v) is 5.87. The zero-order valence-corrected chi connectivity index (χ0v) is 10.9. The van der Waals surface area contributed by atoms with Crippen molar-refractivity contribution >= 4 is 5.82 Å². The number of hydrogen-bond donors (Lipinski definition) is 1. The van der Waals surface area contributed by atoms with Gasteiger partial charge in [-0.1, -0.05) is 19.9 Å². The van der Waals surface area contributed by atoms with E-state index in [1.54, 1.807) is 0 Å². The highest BCUT2D eigenvalue weighted by molar-refractivity contribution is 5.39. The highest BCUT2D eigenvalue weighted by Crippen LogP contribution is 2.18. The van der Waals surface area contributed by atoms with Gasteiger partial charge in [0.25, 0.3) is 0 Å². The van der Waals surface area contributed by atoms with E-state index in [1.807, 2.05) is 19.2 Å². The second-order valence-electron chi connectivity index (χ2n) is 4.83. The van der Waals surface area contributed by atoms with E-state index in [-0.39, 0.29) is 6.04 Å². The van der Waals surface area contributed by atoms with Crippen molar-refractivity contribution in [2.24, 2.45) is 11.7 Å². The van der Waals surface area contributed by atoms with Crippen molar-refractivity contribution in [1.82, 2.24) is 4.98 Å². The van der Waals surface area contributed by atoms with Crippen LogP contribution in [0.3, 0.4) is 0 Å². The van der Waals surface area contributed by atoms with Crippen molar-refractivity contribution in [1.29, 1.82) is 0 Å². The molecule has 1 aromatic rings. The number of aromatic nitrogens is 1. The molecule has 0 radical (unpaired) electrons. The molecule has 3 nitrogen and oxygen atoms in total. The molecule has 1 unspecified atom stereocenters. The van der Waals surface area contributed by atoms with Crippen molar-refractivity contribution in [3.8, 4) is 0 Å². The molecule has 0 aliphatic rings. The number of hydrogen-bond acceptors (Lipinski definition) is 3. The van der Waals surface area contributed by atoms with Crippen molar-refractivity contribution in [2.45, 2.75) is 39.8 Å². The molecule has 0 saturated heterocycles. The van der Waals surface area contributed by atoms with Crippen LogP contribution in [0.1, 0.15) is 39.3 Å². The Morgan fingerprint density at radius 1 is 1.19 bits per heavy atom. The Morgan fingerprint density at radius 2 is 1.81 bits per heavy atom. The molecule has 0 saturated carbocycles. The average molecular weight is 221 g/mol. The van der Waals surface area contributed by atoms with Gasteiger partial charge in [0.15, 0.2) is 0 Å². The Bertz CT molecular complexity index is 316. The van der Waals surface area contributed by atoms with Gasteiger partial charge in [-0.05, 0) is 31.4 Å². The number of nitrogens with zero attached hydrogens (tertiary/aromatic N) is 2. The molecule has 0 aliphatic heterocycles. The summed E-state index contributed by atoms with van der Waals surface area (Å²) >= 11 is 0. The number of nitrogens with two attached hydrogens (primary N) is 1. The largest absolute Gasteiger partial charge is 0.357 e. The Hall–Kier alpha value is -1.09. The predicted molar refractivity (Wildman–Crippen MR) is 69.5 cm³/mol. The molecule has 90 valence electrons. The Kier molecular flexibility index (Phi) is 4.30. The van der Waals surface area contributed by atoms with Crippen LogP contribution in [0.25, 0.3) is 0 Å². The zero-order chi connectivity index (χ0) is 12.3. The third kappa shape index (κ3) is 2.95. The lowest BCUT2D eigenvalue weighted by Gasteiger charge is -2.29. The molecule has 16 heavy (non-hydrogen) atoms. The number of anilines is 1. The summed E-state index contributed by atoms with van der Waals surface area (Å²) in [5, 5.41) is 0. The van der Waals surface area contributed by atoms with E-state index < -0.39 is 0 Å². The lowest BCUT2D eigenvalue weighted by atomic mass is 10.1. The smallest absolute Gasteiger partial charge is 0.128 e. The molecule has 0 spiro atoms. The first-order chi connectivity index (χ1) is 7.43. The Morgan fingerprint density at radius 3 is 2.19 bits per heavy atom. The zero-order valence-electron chi connectivity index (χ0n) is 10.9. The summed E-state index contributed by atoms with van der Waals surface area (Å²) in [7, 11) is 2.08. The molecule has 0 aliphatic carbocycles. The molecule has 1 rings (SSSR count). The second-order valence-corrected chi connectivity index (χ2v) is 4.83. The predicted octanol–water partition coefficient (Wildman–Crippen LogP) is 2.58. The quantitative estimate of drug-likeness (QED) is 0.849. The van der Waals surface area contributed by atoms with Crippen LogP contribution in [-0.2, 0) is 0 Å². The van der Waals surface area contributed by atoms with E-state index in [2.05, 4.69) is 43.8 Å². The van der Waals surface area contributed by atoms with Gasteiger partial charge < -0.3 is 10.6 Å². The van der Waals surface area contributed by atoms with Gasteiger partial charge in [0, 0.05) is 25.3 Å². The van der Waals surface area contributed by atoms with Gasteiger partial charge in [-0.3, -0.25) is 0 Å². The van der Waals surface area contributed by atoms with Crippen molar-refractivity contribution in [2.75, 3.05) is 11.9 Å². The summed E-state index contributed by atoms with van der Waals surface area (Å²) in [6.45, 7) is 8.62. The van der Waals surface area contributed by atoms with Crippen LogP contribution in [0.4, 0.5) is 5.82 Å². The summed E-state index contributed by atoms with van der Waals surface area (Å²) in [6, 6.07) is 4.62. The fraction of sp³-hybridized carbons (Fsp3) is 0.615. The molecule has 0 aromatic carbocycles. The van der Waals surface area contributed by atoms with Crippen LogP contribution >= 0.6 is 0 Å². The van der Waals surface area contributed by atoms with E-state index in [9.17, 15) is 0 Å². The molecule has 0 fully saturated rings. The average Bonchev–Trinajstić information content (AvgIpc) is 2.27. The Balaban J connectivity index is 2.81. The fourth-order valence-corrected chi connectivity index (χ4v) is 1.53. The molecule has 1 heterocycles. The molecular weight excluding hydrogens is 198 g/mol. The molecule has 0 amide bonds. The van der Waals surface area contributed by atoms with Gasteiger partial charge in [-0.2, -0.15) is 0 Å². The lowest BCUT2D eigenvalue weighted by molar-refractivity contribution is 0.502. The van der Waals surface area contributed by atoms with Gasteiger partial charge in [0.05, 0.1) is 0 Å². The van der Waals surface area contributed by atoms with E-state index in [0.29, 0.717) is 12.0 Å². The second kappa shape index (κ2) is 5.30. The summed E-state index contributed by atoms with van der Waals surface area (Å²) in [6.07, 6.45) is 1.86. The normalized spacial score (nSPS) is 14.9. The molecule has 3 heteroatoms. The SMILES string of the molecule is CC(C)C(C)N(C)c1ccc([C@H](C)N)cn1. The lowest BCUT2D eigenvalue weighted by Crippen LogP contribution is -2.33. The van der Waals surface area contributed by atoms with Gasteiger partial charge in [0.2, 0.25) is 0 Å². The third-order valence-corrected chi connectivity index (χ3v) is 3.23. The first-order valence-electron chi connectivity index (χ1n) is 5.87. The number of rotatable bonds is 4. The maximum absolute atomic E-state index is 5.79. The minimum absolute atomic E-state index is 0.0504. The molecule has 0 bridgehead atoms. The van der Waals surface area contributed by atoms with Crippen molar-refractivity contribution in [3.63, 3.8) is 0 Å². The van der Waals surface area contributed by atoms with Gasteiger partial charge >= 0.3 is 0 Å². The molecule has 2 N–H and O–H groups in total. The first kappa shape index (κ1) is 13.0. The minimum atomic E-state index is 0.0504. The van der Waals surface area contributed by atoms with Gasteiger partial charge in [-0.25, -0.2) is 4.98 Å². The topological polar surface area (TPSA) is 42.1 Å². The highest BCUT2D eigenvalue weighted by atomic mass is 15.2. The van der Waals surface area contributed by atoms with Crippen LogP contribution in [0, 0.1) is 5.92 Å². The van der Waals surface area contributed by atoms with E-state index in [4.69, 9.17) is 5.73 Å². The maximum atomic E-state index is 5.79. The summed E-state index contributed by atoms with van der Waals surface area (Å²) in [4.78, 5) is 6.65. The number of pyridine rings is 1. The van der Waals surface area contributed by atoms with E-state index in [0.717, 1.165) is 11.4 Å². The fourth-order valence-electron chi connectivity index (χ4n) is 1.53. The monoisotopic (exact) mass is 221 g/mol.